The first kappa shape index (κ1) is 31.3. The zero-order valence-electron chi connectivity index (χ0n) is 24.2. The van der Waals surface area contributed by atoms with Crippen molar-refractivity contribution >= 4 is 35.2 Å². The largest absolute Gasteiger partial charge is 0.399 e. The first-order valence-corrected chi connectivity index (χ1v) is 14.2. The van der Waals surface area contributed by atoms with Gasteiger partial charge in [-0.2, -0.15) is 0 Å². The molecule has 4 atom stereocenters. The van der Waals surface area contributed by atoms with E-state index in [1.807, 2.05) is 36.4 Å². The number of nitrogen functional groups attached to an aromatic ring is 2. The Hall–Kier alpha value is -2.23. The molecule has 5 rings (SSSR count). The SMILES string of the molecule is C[N+](C)(C)CC1CC(O)CN1c1ccc(N)cc1.C[N+]1(CC2CC(O)CN2c2ccc(N)cc2)CCCC1.Cl. The molecule has 39 heavy (non-hydrogen) atoms. The number of likely N-dealkylation sites (N-methyl/N-ethyl adjacent to an activating group) is 2. The molecule has 0 bridgehead atoms. The second kappa shape index (κ2) is 13.0. The molecule has 0 aromatic heterocycles. The fourth-order valence-corrected chi connectivity index (χ4v) is 6.52. The van der Waals surface area contributed by atoms with Gasteiger partial charge in [-0.05, 0) is 48.5 Å². The van der Waals surface area contributed by atoms with Crippen molar-refractivity contribution in [2.45, 2.75) is 50.0 Å². The molecule has 4 unspecified atom stereocenters. The normalized spacial score (nSPS) is 26.2. The van der Waals surface area contributed by atoms with E-state index >= 15 is 0 Å². The Morgan fingerprint density at radius 3 is 1.62 bits per heavy atom. The second-order valence-electron chi connectivity index (χ2n) is 13.0. The molecule has 3 heterocycles. The molecule has 0 spiro atoms. The minimum atomic E-state index is -0.223. The summed E-state index contributed by atoms with van der Waals surface area (Å²) in [6.07, 6.45) is 3.99. The highest BCUT2D eigenvalue weighted by Crippen LogP contribution is 2.30. The van der Waals surface area contributed by atoms with Gasteiger partial charge in [0.2, 0.25) is 0 Å². The predicted octanol–water partition coefficient (Wildman–Crippen LogP) is 2.79. The summed E-state index contributed by atoms with van der Waals surface area (Å²) in [5.74, 6) is 0. The van der Waals surface area contributed by atoms with Crippen LogP contribution in [-0.2, 0) is 0 Å². The van der Waals surface area contributed by atoms with E-state index in [1.54, 1.807) is 0 Å². The van der Waals surface area contributed by atoms with Crippen molar-refractivity contribution in [1.29, 1.82) is 0 Å². The zero-order valence-corrected chi connectivity index (χ0v) is 25.1. The molecule has 0 aliphatic carbocycles. The highest BCUT2D eigenvalue weighted by atomic mass is 35.5. The van der Waals surface area contributed by atoms with Crippen LogP contribution in [0.1, 0.15) is 25.7 Å². The molecule has 3 saturated heterocycles. The Morgan fingerprint density at radius 1 is 0.769 bits per heavy atom. The lowest BCUT2D eigenvalue weighted by atomic mass is 10.1. The zero-order chi connectivity index (χ0) is 27.5. The molecule has 8 nitrogen and oxygen atoms in total. The summed E-state index contributed by atoms with van der Waals surface area (Å²) in [4.78, 5) is 4.67. The molecule has 3 aliphatic heterocycles. The van der Waals surface area contributed by atoms with E-state index in [4.69, 9.17) is 11.5 Å². The fourth-order valence-electron chi connectivity index (χ4n) is 6.52. The number of β-amino-alcohol motifs (C(OH)–C–C–N with tert-alkyl or cyclic N) is 2. The summed E-state index contributed by atoms with van der Waals surface area (Å²) < 4.78 is 2.06. The van der Waals surface area contributed by atoms with Gasteiger partial charge in [0.1, 0.15) is 0 Å². The maximum absolute atomic E-state index is 10.1. The second-order valence-corrected chi connectivity index (χ2v) is 13.0. The summed E-state index contributed by atoms with van der Waals surface area (Å²) in [5, 5.41) is 20.0. The Balaban J connectivity index is 0.000000211. The molecule has 3 fully saturated rings. The quantitative estimate of drug-likeness (QED) is 0.319. The first-order chi connectivity index (χ1) is 17.9. The summed E-state index contributed by atoms with van der Waals surface area (Å²) in [6, 6.07) is 16.8. The number of aliphatic hydroxyl groups is 2. The van der Waals surface area contributed by atoms with Gasteiger partial charge < -0.3 is 40.4 Å². The van der Waals surface area contributed by atoms with Crippen molar-refractivity contribution in [2.24, 2.45) is 0 Å². The number of likely N-dealkylation sites (tertiary alicyclic amines) is 1. The maximum Gasteiger partial charge on any atom is 0.0992 e. The average molecular weight is 563 g/mol. The summed E-state index contributed by atoms with van der Waals surface area (Å²) in [5.41, 5.74) is 15.4. The number of hydrogen-bond acceptors (Lipinski definition) is 6. The van der Waals surface area contributed by atoms with Crippen LogP contribution in [0.3, 0.4) is 0 Å². The van der Waals surface area contributed by atoms with Crippen LogP contribution in [0.4, 0.5) is 22.7 Å². The molecule has 6 N–H and O–H groups in total. The van der Waals surface area contributed by atoms with E-state index < -0.39 is 0 Å². The van der Waals surface area contributed by atoms with Gasteiger partial charge in [-0.15, -0.1) is 12.4 Å². The number of hydrogen-bond donors (Lipinski definition) is 4. The van der Waals surface area contributed by atoms with E-state index in [-0.39, 0.29) is 24.6 Å². The van der Waals surface area contributed by atoms with Crippen LogP contribution in [0, 0.1) is 0 Å². The number of rotatable bonds is 6. The van der Waals surface area contributed by atoms with Gasteiger partial charge in [-0.1, -0.05) is 0 Å². The number of aliphatic hydroxyl groups excluding tert-OH is 2. The van der Waals surface area contributed by atoms with Gasteiger partial charge in [0.25, 0.3) is 0 Å². The first-order valence-electron chi connectivity index (χ1n) is 14.2. The van der Waals surface area contributed by atoms with Crippen molar-refractivity contribution in [3.8, 4) is 0 Å². The molecule has 2 aromatic rings. The topological polar surface area (TPSA) is 99.0 Å². The number of benzene rings is 2. The lowest BCUT2D eigenvalue weighted by molar-refractivity contribution is -0.898. The summed E-state index contributed by atoms with van der Waals surface area (Å²) in [7, 11) is 8.92. The van der Waals surface area contributed by atoms with Crippen LogP contribution < -0.4 is 21.3 Å². The third-order valence-electron chi connectivity index (χ3n) is 8.29. The molecule has 9 heteroatoms. The molecule has 2 aromatic carbocycles. The lowest BCUT2D eigenvalue weighted by Gasteiger charge is -2.36. The smallest absolute Gasteiger partial charge is 0.0992 e. The monoisotopic (exact) mass is 562 g/mol. The van der Waals surface area contributed by atoms with Gasteiger partial charge in [-0.3, -0.25) is 0 Å². The highest BCUT2D eigenvalue weighted by molar-refractivity contribution is 5.85. The molecule has 0 saturated carbocycles. The van der Waals surface area contributed by atoms with Crippen molar-refractivity contribution in [1.82, 2.24) is 0 Å². The van der Waals surface area contributed by atoms with E-state index in [0.29, 0.717) is 18.6 Å². The molecular weight excluding hydrogens is 512 g/mol. The number of quaternary nitrogens is 2. The average Bonchev–Trinajstić information content (AvgIpc) is 3.53. The van der Waals surface area contributed by atoms with E-state index in [1.165, 1.54) is 31.6 Å². The number of nitrogens with two attached hydrogens (primary N) is 2. The minimum absolute atomic E-state index is 0. The third kappa shape index (κ3) is 8.63. The van der Waals surface area contributed by atoms with E-state index in [2.05, 4.69) is 50.1 Å². The third-order valence-corrected chi connectivity index (χ3v) is 8.29. The van der Waals surface area contributed by atoms with Crippen LogP contribution >= 0.6 is 12.4 Å². The summed E-state index contributed by atoms with van der Waals surface area (Å²) >= 11 is 0. The predicted molar refractivity (Wildman–Crippen MR) is 165 cm³/mol. The highest BCUT2D eigenvalue weighted by Gasteiger charge is 2.38. The van der Waals surface area contributed by atoms with Gasteiger partial charge in [0.15, 0.2) is 0 Å². The van der Waals surface area contributed by atoms with Gasteiger partial charge in [0, 0.05) is 61.5 Å². The number of halogens is 1. The van der Waals surface area contributed by atoms with Crippen molar-refractivity contribution in [3.05, 3.63) is 48.5 Å². The lowest BCUT2D eigenvalue weighted by Crippen LogP contribution is -2.50. The van der Waals surface area contributed by atoms with Crippen LogP contribution in [0.5, 0.6) is 0 Å². The maximum atomic E-state index is 10.1. The van der Waals surface area contributed by atoms with E-state index in [9.17, 15) is 10.2 Å². The van der Waals surface area contributed by atoms with Crippen LogP contribution in [0.15, 0.2) is 48.5 Å². The minimum Gasteiger partial charge on any atom is -0.399 e. The summed E-state index contributed by atoms with van der Waals surface area (Å²) in [6.45, 7) is 6.19. The standard InChI is InChI=1S/C16H26N3O.C14H24N3O.ClH/c1-19(8-2-3-9-19)12-15-10-16(20)11-18(15)14-6-4-13(17)5-7-14;1-17(2,3)10-13-8-14(18)9-16(13)12-6-4-11(15)5-7-12;/h4-7,15-16,20H,2-3,8-12,17H2,1H3;4-7,13-14,18H,8-10,15H2,1-3H3;1H/q2*+1;. The Kier molecular flexibility index (Phi) is 10.4. The van der Waals surface area contributed by atoms with Crippen molar-refractivity contribution in [2.75, 3.05) is 88.7 Å². The van der Waals surface area contributed by atoms with Crippen molar-refractivity contribution < 1.29 is 19.2 Å². The van der Waals surface area contributed by atoms with Crippen LogP contribution in [-0.4, -0.2) is 111 Å². The van der Waals surface area contributed by atoms with E-state index in [0.717, 1.165) is 58.5 Å². The van der Waals surface area contributed by atoms with Crippen molar-refractivity contribution in [3.63, 3.8) is 0 Å². The fraction of sp³-hybridized carbons (Fsp3) is 0.600. The van der Waals surface area contributed by atoms with Gasteiger partial charge in [0.05, 0.1) is 78.7 Å². The number of nitrogens with zero attached hydrogens (tertiary/aromatic N) is 4. The molecule has 218 valence electrons. The Bertz CT molecular complexity index is 1020. The molecular formula is C30H51ClN6O2+2. The molecule has 0 amide bonds. The Labute approximate surface area is 241 Å². The molecule has 0 radical (unpaired) electrons. The van der Waals surface area contributed by atoms with Gasteiger partial charge >= 0.3 is 0 Å². The molecule has 3 aliphatic rings. The van der Waals surface area contributed by atoms with Gasteiger partial charge in [-0.25, -0.2) is 0 Å². The van der Waals surface area contributed by atoms with Crippen LogP contribution in [0.25, 0.3) is 0 Å². The Morgan fingerprint density at radius 2 is 1.18 bits per heavy atom. The number of anilines is 4. The van der Waals surface area contributed by atoms with Crippen LogP contribution in [0.2, 0.25) is 0 Å².